The third-order valence-corrected chi connectivity index (χ3v) is 11.4. The molecule has 1 aromatic carbocycles. The van der Waals surface area contributed by atoms with Crippen LogP contribution in [0.1, 0.15) is 57.8 Å². The van der Waals surface area contributed by atoms with E-state index >= 15 is 0 Å². The number of fused-ring (bicyclic) bond motifs is 1. The van der Waals surface area contributed by atoms with Gasteiger partial charge in [-0.05, 0) is 107 Å². The molecule has 0 saturated heterocycles. The Kier molecular flexibility index (Phi) is 8.60. The summed E-state index contributed by atoms with van der Waals surface area (Å²) in [6, 6.07) is 8.34. The summed E-state index contributed by atoms with van der Waals surface area (Å²) >= 11 is 11.8. The van der Waals surface area contributed by atoms with Gasteiger partial charge in [0.15, 0.2) is 11.5 Å². The van der Waals surface area contributed by atoms with Gasteiger partial charge >= 0.3 is 5.97 Å². The number of rotatable bonds is 7. The fourth-order valence-corrected chi connectivity index (χ4v) is 9.06. The summed E-state index contributed by atoms with van der Waals surface area (Å²) in [4.78, 5) is 14.3. The fraction of sp³-hybridized carbons (Fsp3) is 0.464. The van der Waals surface area contributed by atoms with E-state index in [4.69, 9.17) is 23.0 Å². The SMILES string of the molecule is COC(=O)C1CCC(Oc2c(OC3CCCCC3)c(-c3ccc(Br)s3)c3nsnc3c2-c2ccc(Br)s2)CC1. The lowest BCUT2D eigenvalue weighted by molar-refractivity contribution is -0.147. The highest BCUT2D eigenvalue weighted by molar-refractivity contribution is 9.11. The summed E-state index contributed by atoms with van der Waals surface area (Å²) in [5.74, 6) is 1.33. The van der Waals surface area contributed by atoms with Gasteiger partial charge in [-0.1, -0.05) is 6.42 Å². The van der Waals surface area contributed by atoms with Gasteiger partial charge in [0.2, 0.25) is 0 Å². The molecule has 2 fully saturated rings. The number of hydrogen-bond acceptors (Lipinski definition) is 9. The highest BCUT2D eigenvalue weighted by Gasteiger charge is 2.34. The van der Waals surface area contributed by atoms with E-state index in [9.17, 15) is 4.79 Å². The van der Waals surface area contributed by atoms with Crippen LogP contribution < -0.4 is 9.47 Å². The first-order valence-electron chi connectivity index (χ1n) is 13.3. The Balaban J connectivity index is 1.52. The molecule has 0 atom stereocenters. The predicted octanol–water partition coefficient (Wildman–Crippen LogP) is 9.50. The molecule has 0 N–H and O–H groups in total. The molecule has 0 amide bonds. The summed E-state index contributed by atoms with van der Waals surface area (Å²) in [6.45, 7) is 0. The number of esters is 1. The van der Waals surface area contributed by atoms with E-state index in [-0.39, 0.29) is 24.1 Å². The standard InChI is InChI=1S/C28H28Br2N2O4S3/c1-34-28(33)15-7-9-17(10-8-15)36-27-23(19-12-14-21(30)38-19)25-24(31-39-32-25)22(18-11-13-20(29)37-18)26(27)35-16-5-3-2-4-6-16/h11-17H,2-10H2,1H3. The molecule has 0 spiro atoms. The zero-order valence-electron chi connectivity index (χ0n) is 21.4. The molecule has 6 rings (SSSR count). The van der Waals surface area contributed by atoms with Gasteiger partial charge in [-0.25, -0.2) is 0 Å². The van der Waals surface area contributed by atoms with Gasteiger partial charge in [0.1, 0.15) is 11.0 Å². The lowest BCUT2D eigenvalue weighted by Crippen LogP contribution is -2.29. The minimum atomic E-state index is -0.126. The maximum absolute atomic E-state index is 12.2. The molecule has 2 aliphatic carbocycles. The van der Waals surface area contributed by atoms with Crippen LogP contribution in [0, 0.1) is 5.92 Å². The Morgan fingerprint density at radius 1 is 0.769 bits per heavy atom. The quantitative estimate of drug-likeness (QED) is 0.178. The van der Waals surface area contributed by atoms with Crippen LogP contribution in [0.15, 0.2) is 31.8 Å². The summed E-state index contributed by atoms with van der Waals surface area (Å²) in [6.07, 6.45) is 8.82. The van der Waals surface area contributed by atoms with Crippen molar-refractivity contribution in [1.82, 2.24) is 8.75 Å². The van der Waals surface area contributed by atoms with E-state index < -0.39 is 0 Å². The van der Waals surface area contributed by atoms with Crippen LogP contribution >= 0.6 is 66.3 Å². The van der Waals surface area contributed by atoms with E-state index in [2.05, 4.69) is 56.1 Å². The molecule has 0 radical (unpaired) electrons. The highest BCUT2D eigenvalue weighted by Crippen LogP contribution is 2.54. The monoisotopic (exact) mass is 710 g/mol. The van der Waals surface area contributed by atoms with Gasteiger partial charge in [0.25, 0.3) is 0 Å². The fourth-order valence-electron chi connectivity index (χ4n) is 5.64. The number of ether oxygens (including phenoxy) is 3. The molecule has 4 aromatic rings. The van der Waals surface area contributed by atoms with Crippen LogP contribution in [0.25, 0.3) is 31.9 Å². The van der Waals surface area contributed by atoms with Crippen LogP contribution in [-0.2, 0) is 9.53 Å². The van der Waals surface area contributed by atoms with Crippen molar-refractivity contribution < 1.29 is 19.0 Å². The predicted molar refractivity (Wildman–Crippen MR) is 165 cm³/mol. The van der Waals surface area contributed by atoms with Gasteiger partial charge in [-0.2, -0.15) is 8.75 Å². The minimum Gasteiger partial charge on any atom is -0.486 e. The van der Waals surface area contributed by atoms with Crippen LogP contribution in [0.2, 0.25) is 0 Å². The molecule has 11 heteroatoms. The zero-order valence-corrected chi connectivity index (χ0v) is 27.0. The van der Waals surface area contributed by atoms with E-state index in [0.717, 1.165) is 89.5 Å². The number of hydrogen-bond donors (Lipinski definition) is 0. The third-order valence-electron chi connectivity index (χ3n) is 7.59. The van der Waals surface area contributed by atoms with Crippen LogP contribution in [0.5, 0.6) is 11.5 Å². The first kappa shape index (κ1) is 27.6. The number of benzene rings is 1. The summed E-state index contributed by atoms with van der Waals surface area (Å²) in [5.41, 5.74) is 3.58. The van der Waals surface area contributed by atoms with Crippen molar-refractivity contribution in [3.8, 4) is 32.4 Å². The van der Waals surface area contributed by atoms with Gasteiger partial charge in [-0.3, -0.25) is 4.79 Å². The maximum atomic E-state index is 12.2. The zero-order chi connectivity index (χ0) is 26.9. The molecule has 6 nitrogen and oxygen atoms in total. The number of nitrogens with zero attached hydrogens (tertiary/aromatic N) is 2. The molecule has 2 aliphatic rings. The van der Waals surface area contributed by atoms with Crippen molar-refractivity contribution in [3.63, 3.8) is 0 Å². The summed E-state index contributed by atoms with van der Waals surface area (Å²) < 4.78 is 30.7. The summed E-state index contributed by atoms with van der Waals surface area (Å²) in [5, 5.41) is 0. The van der Waals surface area contributed by atoms with Crippen LogP contribution in [0.4, 0.5) is 0 Å². The molecule has 0 aliphatic heterocycles. The topological polar surface area (TPSA) is 70.5 Å². The van der Waals surface area contributed by atoms with E-state index in [1.54, 1.807) is 22.7 Å². The average Bonchev–Trinajstić information content (AvgIpc) is 3.71. The van der Waals surface area contributed by atoms with Gasteiger partial charge in [0, 0.05) is 9.75 Å². The second-order valence-electron chi connectivity index (χ2n) is 10.1. The number of carbonyl (C=O) groups is 1. The Morgan fingerprint density at radius 2 is 1.28 bits per heavy atom. The molecular weight excluding hydrogens is 684 g/mol. The van der Waals surface area contributed by atoms with E-state index in [1.165, 1.54) is 38.1 Å². The number of carbonyl (C=O) groups excluding carboxylic acids is 1. The number of thiophene rings is 2. The first-order chi connectivity index (χ1) is 19.0. The van der Waals surface area contributed by atoms with Crippen molar-refractivity contribution in [3.05, 3.63) is 31.8 Å². The average molecular weight is 713 g/mol. The molecule has 0 unspecified atom stereocenters. The second-order valence-corrected chi connectivity index (χ2v) is 15.5. The molecule has 39 heavy (non-hydrogen) atoms. The lowest BCUT2D eigenvalue weighted by atomic mass is 9.87. The largest absolute Gasteiger partial charge is 0.486 e. The molecule has 3 aromatic heterocycles. The minimum absolute atomic E-state index is 0.0336. The van der Waals surface area contributed by atoms with E-state index in [0.29, 0.717) is 0 Å². The van der Waals surface area contributed by atoms with Crippen molar-refractivity contribution >= 4 is 83.3 Å². The Hall–Kier alpha value is -1.53. The first-order valence-corrected chi connectivity index (χ1v) is 17.2. The van der Waals surface area contributed by atoms with Gasteiger partial charge in [0.05, 0.1) is 55.7 Å². The second kappa shape index (κ2) is 12.1. The normalized spacial score (nSPS) is 20.3. The maximum Gasteiger partial charge on any atom is 0.308 e. The van der Waals surface area contributed by atoms with Gasteiger partial charge < -0.3 is 14.2 Å². The number of aromatic nitrogens is 2. The van der Waals surface area contributed by atoms with Crippen molar-refractivity contribution in [2.24, 2.45) is 5.92 Å². The lowest BCUT2D eigenvalue weighted by Gasteiger charge is -2.31. The van der Waals surface area contributed by atoms with Crippen LogP contribution in [-0.4, -0.2) is 34.0 Å². The number of halogens is 2. The highest BCUT2D eigenvalue weighted by atomic mass is 79.9. The Bertz CT molecular complexity index is 1470. The molecule has 2 saturated carbocycles. The van der Waals surface area contributed by atoms with E-state index in [1.807, 2.05) is 0 Å². The third kappa shape index (κ3) is 5.80. The summed E-state index contributed by atoms with van der Waals surface area (Å²) in [7, 11) is 1.47. The van der Waals surface area contributed by atoms with Gasteiger partial charge in [-0.15, -0.1) is 22.7 Å². The molecular formula is C28H28Br2N2O4S3. The molecule has 206 valence electrons. The van der Waals surface area contributed by atoms with Crippen molar-refractivity contribution in [1.29, 1.82) is 0 Å². The van der Waals surface area contributed by atoms with Crippen LogP contribution in [0.3, 0.4) is 0 Å². The Morgan fingerprint density at radius 3 is 1.74 bits per heavy atom. The van der Waals surface area contributed by atoms with Crippen molar-refractivity contribution in [2.45, 2.75) is 70.0 Å². The molecule has 0 bridgehead atoms. The Labute approximate surface area is 256 Å². The smallest absolute Gasteiger partial charge is 0.308 e. The molecule has 3 heterocycles. The van der Waals surface area contributed by atoms with Crippen molar-refractivity contribution in [2.75, 3.05) is 7.11 Å². The number of methoxy groups -OCH3 is 1.